The average molecular weight is 248 g/mol. The first kappa shape index (κ1) is 16.1. The third-order valence-electron chi connectivity index (χ3n) is 2.10. The van der Waals surface area contributed by atoms with Gasteiger partial charge >= 0.3 is 5.97 Å². The molecule has 0 aliphatic heterocycles. The fourth-order valence-corrected chi connectivity index (χ4v) is 1.22. The van der Waals surface area contributed by atoms with Crippen molar-refractivity contribution in [3.63, 3.8) is 0 Å². The van der Waals surface area contributed by atoms with Gasteiger partial charge in [0.2, 0.25) is 0 Å². The van der Waals surface area contributed by atoms with Gasteiger partial charge in [0.1, 0.15) is 6.54 Å². The van der Waals surface area contributed by atoms with Gasteiger partial charge in [-0.25, -0.2) is 5.43 Å². The summed E-state index contributed by atoms with van der Waals surface area (Å²) in [7, 11) is 1.61. The van der Waals surface area contributed by atoms with Gasteiger partial charge in [-0.2, -0.15) is 0 Å². The second-order valence-electron chi connectivity index (χ2n) is 3.54. The van der Waals surface area contributed by atoms with Gasteiger partial charge in [-0.1, -0.05) is 49.1 Å². The van der Waals surface area contributed by atoms with E-state index < -0.39 is 5.97 Å². The Morgan fingerprint density at radius 3 is 2.33 bits per heavy atom. The maximum atomic E-state index is 9.66. The van der Waals surface area contributed by atoms with Crippen molar-refractivity contribution in [2.75, 3.05) is 13.6 Å². The van der Waals surface area contributed by atoms with Crippen LogP contribution in [0.2, 0.25) is 0 Å². The van der Waals surface area contributed by atoms with Crippen LogP contribution in [0, 0.1) is 6.92 Å². The molecular formula is C14H20N2O2. The second-order valence-corrected chi connectivity index (χ2v) is 3.54. The topological polar surface area (TPSA) is 61.4 Å². The summed E-state index contributed by atoms with van der Waals surface area (Å²) in [5.74, 6) is -0.866. The predicted octanol–water partition coefficient (Wildman–Crippen LogP) is 2.08. The Bertz CT molecular complexity index is 414. The van der Waals surface area contributed by atoms with Crippen LogP contribution in [0.3, 0.4) is 0 Å². The van der Waals surface area contributed by atoms with Crippen molar-refractivity contribution < 1.29 is 9.90 Å². The molecule has 0 heterocycles. The van der Waals surface area contributed by atoms with E-state index in [1.165, 1.54) is 5.56 Å². The van der Waals surface area contributed by atoms with E-state index in [9.17, 15) is 4.79 Å². The number of hydrazine groups is 1. The summed E-state index contributed by atoms with van der Waals surface area (Å²) in [6.07, 6.45) is 3.69. The molecule has 0 amide bonds. The monoisotopic (exact) mass is 248 g/mol. The molecule has 0 unspecified atom stereocenters. The Labute approximate surface area is 108 Å². The highest BCUT2D eigenvalue weighted by Crippen LogP contribution is 2.13. The molecule has 0 spiro atoms. The van der Waals surface area contributed by atoms with Gasteiger partial charge in [0, 0.05) is 0 Å². The van der Waals surface area contributed by atoms with Crippen molar-refractivity contribution in [3.8, 4) is 0 Å². The summed E-state index contributed by atoms with van der Waals surface area (Å²) in [5, 5.41) is 7.94. The molecule has 4 nitrogen and oxygen atoms in total. The summed E-state index contributed by atoms with van der Waals surface area (Å²) in [6, 6.07) is 6.23. The number of nitrogens with one attached hydrogen (secondary N) is 2. The average Bonchev–Trinajstić information content (AvgIpc) is 2.36. The largest absolute Gasteiger partial charge is 0.480 e. The van der Waals surface area contributed by atoms with Crippen molar-refractivity contribution in [1.82, 2.24) is 10.9 Å². The maximum Gasteiger partial charge on any atom is 0.318 e. The van der Waals surface area contributed by atoms with Crippen LogP contribution in [0.1, 0.15) is 16.7 Å². The molecule has 18 heavy (non-hydrogen) atoms. The van der Waals surface area contributed by atoms with E-state index in [1.54, 1.807) is 7.05 Å². The lowest BCUT2D eigenvalue weighted by Crippen LogP contribution is -2.32. The Morgan fingerprint density at radius 2 is 1.94 bits per heavy atom. The quantitative estimate of drug-likeness (QED) is 0.698. The number of carboxylic acids is 1. The molecule has 0 fully saturated rings. The maximum absolute atomic E-state index is 9.66. The lowest BCUT2D eigenvalue weighted by atomic mass is 10.0. The van der Waals surface area contributed by atoms with E-state index in [2.05, 4.69) is 49.1 Å². The minimum absolute atomic E-state index is 0.0451. The summed E-state index contributed by atoms with van der Waals surface area (Å²) in [4.78, 5) is 9.66. The van der Waals surface area contributed by atoms with E-state index in [1.807, 2.05) is 12.2 Å². The van der Waals surface area contributed by atoms with Gasteiger partial charge < -0.3 is 5.11 Å². The summed E-state index contributed by atoms with van der Waals surface area (Å²) >= 11 is 0. The minimum atomic E-state index is -0.866. The van der Waals surface area contributed by atoms with Gasteiger partial charge in [0.05, 0.1) is 0 Å². The molecular weight excluding hydrogens is 228 g/mol. The van der Waals surface area contributed by atoms with Crippen LogP contribution in [0.4, 0.5) is 0 Å². The highest BCUT2D eigenvalue weighted by Gasteiger charge is 1.93. The van der Waals surface area contributed by atoms with Crippen LogP contribution >= 0.6 is 0 Å². The number of aliphatic carboxylic acids is 1. The second kappa shape index (κ2) is 9.15. The fourth-order valence-electron chi connectivity index (χ4n) is 1.22. The molecule has 0 radical (unpaired) electrons. The summed E-state index contributed by atoms with van der Waals surface area (Å²) in [6.45, 7) is 9.48. The lowest BCUT2D eigenvalue weighted by molar-refractivity contribution is -0.136. The molecule has 1 aromatic rings. The molecule has 0 aliphatic rings. The molecule has 1 rings (SSSR count). The minimum Gasteiger partial charge on any atom is -0.480 e. The molecule has 0 aromatic heterocycles. The van der Waals surface area contributed by atoms with Crippen LogP contribution in [0.15, 0.2) is 31.4 Å². The Balaban J connectivity index is 0.000000360. The first-order chi connectivity index (χ1) is 8.54. The van der Waals surface area contributed by atoms with E-state index in [-0.39, 0.29) is 6.54 Å². The van der Waals surface area contributed by atoms with Crippen molar-refractivity contribution in [1.29, 1.82) is 0 Å². The molecule has 0 aliphatic carbocycles. The van der Waals surface area contributed by atoms with E-state index in [0.717, 1.165) is 11.1 Å². The van der Waals surface area contributed by atoms with Crippen molar-refractivity contribution in [2.45, 2.75) is 6.92 Å². The van der Waals surface area contributed by atoms with Gasteiger partial charge in [-0.05, 0) is 25.1 Å². The molecule has 4 heteroatoms. The SMILES string of the molecule is C=Cc1ccc(C)cc1C=C.CNNCC(=O)O. The third-order valence-corrected chi connectivity index (χ3v) is 2.10. The fraction of sp³-hybridized carbons (Fsp3) is 0.214. The van der Waals surface area contributed by atoms with Gasteiger partial charge in [0.15, 0.2) is 0 Å². The highest BCUT2D eigenvalue weighted by atomic mass is 16.4. The van der Waals surface area contributed by atoms with Crippen molar-refractivity contribution in [3.05, 3.63) is 48.0 Å². The molecule has 3 N–H and O–H groups in total. The number of hydrogen-bond donors (Lipinski definition) is 3. The van der Waals surface area contributed by atoms with Gasteiger partial charge in [-0.15, -0.1) is 0 Å². The van der Waals surface area contributed by atoms with Gasteiger partial charge in [0.25, 0.3) is 0 Å². The predicted molar refractivity (Wildman–Crippen MR) is 76.1 cm³/mol. The normalized spacial score (nSPS) is 9.00. The molecule has 98 valence electrons. The first-order valence-corrected chi connectivity index (χ1v) is 5.52. The zero-order chi connectivity index (χ0) is 14.0. The van der Waals surface area contributed by atoms with Crippen molar-refractivity contribution in [2.24, 2.45) is 0 Å². The highest BCUT2D eigenvalue weighted by molar-refractivity contribution is 5.68. The zero-order valence-corrected chi connectivity index (χ0v) is 10.9. The van der Waals surface area contributed by atoms with Gasteiger partial charge in [-0.3, -0.25) is 10.2 Å². The Kier molecular flexibility index (Phi) is 8.18. The summed E-state index contributed by atoms with van der Waals surface area (Å²) in [5.41, 5.74) is 8.42. The van der Waals surface area contributed by atoms with E-state index >= 15 is 0 Å². The van der Waals surface area contributed by atoms with Crippen molar-refractivity contribution >= 4 is 18.1 Å². The molecule has 0 bridgehead atoms. The number of aryl methyl sites for hydroxylation is 1. The van der Waals surface area contributed by atoms with Crippen LogP contribution in [0.25, 0.3) is 12.2 Å². The molecule has 1 aromatic carbocycles. The van der Waals surface area contributed by atoms with E-state index in [0.29, 0.717) is 0 Å². The lowest BCUT2D eigenvalue weighted by Gasteiger charge is -2.00. The first-order valence-electron chi connectivity index (χ1n) is 5.52. The van der Waals surface area contributed by atoms with Crippen LogP contribution in [-0.2, 0) is 4.79 Å². The molecule has 0 saturated heterocycles. The summed E-state index contributed by atoms with van der Waals surface area (Å²) < 4.78 is 0. The van der Waals surface area contributed by atoms with Crippen LogP contribution in [-0.4, -0.2) is 24.7 Å². The number of carbonyl (C=O) groups is 1. The number of hydrogen-bond acceptors (Lipinski definition) is 3. The number of rotatable bonds is 5. The standard InChI is InChI=1S/C11H12.C3H8N2O2/c1-4-10-7-6-9(3)8-11(10)5-2;1-4-5-2-3(6)7/h4-8H,1-2H2,3H3;4-5H,2H2,1H3,(H,6,7). The van der Waals surface area contributed by atoms with E-state index in [4.69, 9.17) is 5.11 Å². The Hall–Kier alpha value is -1.91. The Morgan fingerprint density at radius 1 is 1.33 bits per heavy atom. The molecule has 0 atom stereocenters. The third kappa shape index (κ3) is 6.62. The van der Waals surface area contributed by atoms with Crippen LogP contribution < -0.4 is 10.9 Å². The molecule has 0 saturated carbocycles. The smallest absolute Gasteiger partial charge is 0.318 e. The number of benzene rings is 1. The number of carboxylic acid groups (broad SMARTS) is 1. The zero-order valence-electron chi connectivity index (χ0n) is 10.9. The van der Waals surface area contributed by atoms with Crippen LogP contribution in [0.5, 0.6) is 0 Å².